The van der Waals surface area contributed by atoms with Gasteiger partial charge in [-0.2, -0.15) is 0 Å². The fraction of sp³-hybridized carbons (Fsp3) is 0.632. The van der Waals surface area contributed by atoms with Gasteiger partial charge in [0.2, 0.25) is 0 Å². The summed E-state index contributed by atoms with van der Waals surface area (Å²) in [4.78, 5) is 9.16. The number of aliphatic imine (C=N–C) groups is 1. The second-order valence-corrected chi connectivity index (χ2v) is 7.57. The lowest BCUT2D eigenvalue weighted by atomic mass is 9.93. The third kappa shape index (κ3) is 5.24. The van der Waals surface area contributed by atoms with Gasteiger partial charge in [0.05, 0.1) is 0 Å². The molecule has 2 rings (SSSR count). The van der Waals surface area contributed by atoms with Crippen LogP contribution in [0.1, 0.15) is 25.8 Å². The Kier molecular flexibility index (Phi) is 6.05. The van der Waals surface area contributed by atoms with Gasteiger partial charge in [-0.15, -0.1) is 0 Å². The zero-order valence-electron chi connectivity index (χ0n) is 15.3. The minimum Gasteiger partial charge on any atom is -0.355 e. The van der Waals surface area contributed by atoms with Gasteiger partial charge in [0.1, 0.15) is 0 Å². The lowest BCUT2D eigenvalue weighted by molar-refractivity contribution is 0.287. The predicted molar refractivity (Wildman–Crippen MR) is 99.0 cm³/mol. The number of nitrogens with zero attached hydrogens (tertiary/aromatic N) is 3. The Morgan fingerprint density at radius 2 is 2.00 bits per heavy atom. The van der Waals surface area contributed by atoms with E-state index in [2.05, 4.69) is 78.4 Å². The van der Waals surface area contributed by atoms with Crippen molar-refractivity contribution in [2.24, 2.45) is 10.4 Å². The monoisotopic (exact) mass is 316 g/mol. The number of nitrogens with one attached hydrogen (secondary N) is 1. The van der Waals surface area contributed by atoms with Crippen molar-refractivity contribution in [3.8, 4) is 0 Å². The topological polar surface area (TPSA) is 30.9 Å². The van der Waals surface area contributed by atoms with Crippen LogP contribution in [0.4, 0.5) is 0 Å². The van der Waals surface area contributed by atoms with E-state index in [1.807, 2.05) is 7.05 Å². The third-order valence-electron chi connectivity index (χ3n) is 4.73. The Bertz CT molecular complexity index is 507. The molecule has 1 unspecified atom stereocenters. The van der Waals surface area contributed by atoms with E-state index in [0.717, 1.165) is 32.0 Å². The first-order valence-electron chi connectivity index (χ1n) is 8.57. The normalized spacial score (nSPS) is 19.2. The SMILES string of the molecule is CN=C(NCC(Cc1ccccc1)N(C)C)N1CCC(C)(C)C1. The van der Waals surface area contributed by atoms with Crippen LogP contribution in [0.2, 0.25) is 0 Å². The molecule has 1 aliphatic heterocycles. The molecule has 0 amide bonds. The number of benzene rings is 1. The molecule has 4 nitrogen and oxygen atoms in total. The molecule has 23 heavy (non-hydrogen) atoms. The highest BCUT2D eigenvalue weighted by atomic mass is 15.3. The maximum atomic E-state index is 4.49. The van der Waals surface area contributed by atoms with Crippen molar-refractivity contribution in [3.63, 3.8) is 0 Å². The van der Waals surface area contributed by atoms with Crippen LogP contribution in [-0.2, 0) is 6.42 Å². The molecule has 4 heteroatoms. The molecule has 0 saturated carbocycles. The molecule has 0 aliphatic carbocycles. The summed E-state index contributed by atoms with van der Waals surface area (Å²) >= 11 is 0. The number of rotatable bonds is 5. The van der Waals surface area contributed by atoms with Crippen LogP contribution >= 0.6 is 0 Å². The Balaban J connectivity index is 1.92. The molecule has 0 spiro atoms. The average molecular weight is 316 g/mol. The van der Waals surface area contributed by atoms with Crippen molar-refractivity contribution < 1.29 is 0 Å². The van der Waals surface area contributed by atoms with E-state index in [4.69, 9.17) is 0 Å². The van der Waals surface area contributed by atoms with Crippen LogP contribution in [0, 0.1) is 5.41 Å². The summed E-state index contributed by atoms with van der Waals surface area (Å²) in [6.07, 6.45) is 2.28. The summed E-state index contributed by atoms with van der Waals surface area (Å²) in [5.41, 5.74) is 1.77. The highest BCUT2D eigenvalue weighted by molar-refractivity contribution is 5.80. The number of likely N-dealkylation sites (tertiary alicyclic amines) is 1. The van der Waals surface area contributed by atoms with Crippen LogP contribution in [0.15, 0.2) is 35.3 Å². The van der Waals surface area contributed by atoms with Gasteiger partial charge in [-0.1, -0.05) is 44.2 Å². The second kappa shape index (κ2) is 7.82. The third-order valence-corrected chi connectivity index (χ3v) is 4.73. The van der Waals surface area contributed by atoms with Gasteiger partial charge in [-0.25, -0.2) is 0 Å². The Labute approximate surface area is 141 Å². The van der Waals surface area contributed by atoms with Gasteiger partial charge < -0.3 is 15.1 Å². The molecule has 0 aromatic heterocycles. The quantitative estimate of drug-likeness (QED) is 0.669. The molecular weight excluding hydrogens is 284 g/mol. The number of guanidine groups is 1. The summed E-state index contributed by atoms with van der Waals surface area (Å²) in [6.45, 7) is 7.75. The number of likely N-dealkylation sites (N-methyl/N-ethyl adjacent to an activating group) is 1. The van der Waals surface area contributed by atoms with Gasteiger partial charge in [-0.3, -0.25) is 4.99 Å². The Morgan fingerprint density at radius 1 is 1.30 bits per heavy atom. The smallest absolute Gasteiger partial charge is 0.193 e. The minimum absolute atomic E-state index is 0.391. The van der Waals surface area contributed by atoms with Gasteiger partial charge in [0.15, 0.2) is 5.96 Å². The fourth-order valence-electron chi connectivity index (χ4n) is 3.16. The largest absolute Gasteiger partial charge is 0.355 e. The highest BCUT2D eigenvalue weighted by Crippen LogP contribution is 2.28. The van der Waals surface area contributed by atoms with E-state index in [9.17, 15) is 0 Å². The molecule has 1 saturated heterocycles. The van der Waals surface area contributed by atoms with Gasteiger partial charge in [0, 0.05) is 32.7 Å². The summed E-state index contributed by atoms with van der Waals surface area (Å²) in [6, 6.07) is 11.2. The van der Waals surface area contributed by atoms with Gasteiger partial charge >= 0.3 is 0 Å². The van der Waals surface area contributed by atoms with E-state index in [1.165, 1.54) is 12.0 Å². The van der Waals surface area contributed by atoms with Crippen molar-refractivity contribution in [1.82, 2.24) is 15.1 Å². The van der Waals surface area contributed by atoms with Crippen molar-refractivity contribution in [3.05, 3.63) is 35.9 Å². The molecule has 0 radical (unpaired) electrons. The molecule has 1 aromatic rings. The van der Waals surface area contributed by atoms with Crippen molar-refractivity contribution in [2.45, 2.75) is 32.7 Å². The standard InChI is InChI=1S/C19H32N4/c1-19(2)11-12-23(15-19)18(20-3)21-14-17(22(4)5)13-16-9-7-6-8-10-16/h6-10,17H,11-15H2,1-5H3,(H,20,21). The first kappa shape index (κ1) is 17.8. The lowest BCUT2D eigenvalue weighted by Crippen LogP contribution is -2.47. The number of hydrogen-bond acceptors (Lipinski definition) is 2. The average Bonchev–Trinajstić information content (AvgIpc) is 2.87. The lowest BCUT2D eigenvalue weighted by Gasteiger charge is -2.28. The summed E-state index contributed by atoms with van der Waals surface area (Å²) < 4.78 is 0. The Hall–Kier alpha value is -1.55. The minimum atomic E-state index is 0.391. The number of hydrogen-bond donors (Lipinski definition) is 1. The maximum absolute atomic E-state index is 4.49. The maximum Gasteiger partial charge on any atom is 0.193 e. The summed E-state index contributed by atoms with van der Waals surface area (Å²) in [5.74, 6) is 1.04. The van der Waals surface area contributed by atoms with Crippen LogP contribution in [0.5, 0.6) is 0 Å². The summed E-state index contributed by atoms with van der Waals surface area (Å²) in [7, 11) is 6.18. The molecule has 1 aliphatic rings. The summed E-state index contributed by atoms with van der Waals surface area (Å²) in [5, 5.41) is 3.59. The Morgan fingerprint density at radius 3 is 2.52 bits per heavy atom. The van der Waals surface area contributed by atoms with E-state index in [-0.39, 0.29) is 0 Å². The van der Waals surface area contributed by atoms with Crippen molar-refractivity contribution in [1.29, 1.82) is 0 Å². The molecule has 1 aromatic carbocycles. The molecule has 1 N–H and O–H groups in total. The predicted octanol–water partition coefficient (Wildman–Crippen LogP) is 2.47. The van der Waals surface area contributed by atoms with E-state index in [1.54, 1.807) is 0 Å². The first-order valence-corrected chi connectivity index (χ1v) is 8.57. The molecule has 128 valence electrons. The van der Waals surface area contributed by atoms with E-state index < -0.39 is 0 Å². The van der Waals surface area contributed by atoms with Crippen molar-refractivity contribution >= 4 is 5.96 Å². The van der Waals surface area contributed by atoms with Crippen LogP contribution in [0.3, 0.4) is 0 Å². The van der Waals surface area contributed by atoms with Gasteiger partial charge in [-0.05, 0) is 37.9 Å². The van der Waals surface area contributed by atoms with Crippen LogP contribution in [0.25, 0.3) is 0 Å². The zero-order valence-corrected chi connectivity index (χ0v) is 15.3. The van der Waals surface area contributed by atoms with Crippen LogP contribution < -0.4 is 5.32 Å². The molecule has 1 fully saturated rings. The molecule has 0 bridgehead atoms. The first-order chi connectivity index (χ1) is 10.9. The van der Waals surface area contributed by atoms with Crippen LogP contribution in [-0.4, -0.2) is 62.6 Å². The fourth-order valence-corrected chi connectivity index (χ4v) is 3.16. The molecular formula is C19H32N4. The van der Waals surface area contributed by atoms with E-state index >= 15 is 0 Å². The zero-order chi connectivity index (χ0) is 16.9. The van der Waals surface area contributed by atoms with E-state index in [0.29, 0.717) is 11.5 Å². The highest BCUT2D eigenvalue weighted by Gasteiger charge is 2.31. The second-order valence-electron chi connectivity index (χ2n) is 7.57. The molecule has 1 atom stereocenters. The molecule has 1 heterocycles. The van der Waals surface area contributed by atoms with Crippen molar-refractivity contribution in [2.75, 3.05) is 40.8 Å². The van der Waals surface area contributed by atoms with Gasteiger partial charge in [0.25, 0.3) is 0 Å².